The molecule has 0 saturated carbocycles. The van der Waals surface area contributed by atoms with E-state index >= 15 is 0 Å². The van der Waals surface area contributed by atoms with Crippen molar-refractivity contribution in [1.29, 1.82) is 0 Å². The molecule has 0 aliphatic carbocycles. The zero-order valence-electron chi connectivity index (χ0n) is 9.44. The Hall–Kier alpha value is -1.11. The third-order valence-electron chi connectivity index (χ3n) is 2.63. The van der Waals surface area contributed by atoms with Gasteiger partial charge in [0.1, 0.15) is 11.9 Å². The standard InChI is InChI=1S/C10H14ClN3O3/c1-16-7-8(11)13-6-14-9(7)12-4-10(15)2-3-17-5-10/h6,15H,2-5H2,1H3,(H,12,13,14). The summed E-state index contributed by atoms with van der Waals surface area (Å²) in [6, 6.07) is 0. The van der Waals surface area contributed by atoms with Gasteiger partial charge in [0.25, 0.3) is 0 Å². The largest absolute Gasteiger partial charge is 0.490 e. The summed E-state index contributed by atoms with van der Waals surface area (Å²) < 4.78 is 10.2. The van der Waals surface area contributed by atoms with Crippen molar-refractivity contribution in [2.45, 2.75) is 12.0 Å². The summed E-state index contributed by atoms with van der Waals surface area (Å²) in [5.74, 6) is 0.838. The molecule has 6 nitrogen and oxygen atoms in total. The van der Waals surface area contributed by atoms with Crippen molar-refractivity contribution in [3.63, 3.8) is 0 Å². The number of ether oxygens (including phenoxy) is 2. The molecule has 1 saturated heterocycles. The Kier molecular flexibility index (Phi) is 3.66. The number of aromatic nitrogens is 2. The summed E-state index contributed by atoms with van der Waals surface area (Å²) in [6.07, 6.45) is 1.93. The lowest BCUT2D eigenvalue weighted by Crippen LogP contribution is -2.37. The lowest BCUT2D eigenvalue weighted by atomic mass is 10.0. The Labute approximate surface area is 104 Å². The third-order valence-corrected chi connectivity index (χ3v) is 2.90. The number of anilines is 1. The van der Waals surface area contributed by atoms with Gasteiger partial charge in [-0.05, 0) is 0 Å². The van der Waals surface area contributed by atoms with Gasteiger partial charge < -0.3 is 19.9 Å². The van der Waals surface area contributed by atoms with E-state index in [1.807, 2.05) is 0 Å². The number of rotatable bonds is 4. The predicted molar refractivity (Wildman–Crippen MR) is 62.5 cm³/mol. The molecule has 0 aromatic carbocycles. The molecule has 2 N–H and O–H groups in total. The lowest BCUT2D eigenvalue weighted by molar-refractivity contribution is 0.0381. The minimum atomic E-state index is -0.859. The summed E-state index contributed by atoms with van der Waals surface area (Å²) >= 11 is 5.86. The maximum atomic E-state index is 10.1. The third kappa shape index (κ3) is 2.77. The number of methoxy groups -OCH3 is 1. The number of hydrogen-bond donors (Lipinski definition) is 2. The van der Waals surface area contributed by atoms with Crippen LogP contribution in [0.3, 0.4) is 0 Å². The highest BCUT2D eigenvalue weighted by molar-refractivity contribution is 6.31. The van der Waals surface area contributed by atoms with Gasteiger partial charge in [-0.1, -0.05) is 11.6 Å². The van der Waals surface area contributed by atoms with Crippen molar-refractivity contribution in [2.24, 2.45) is 0 Å². The molecule has 1 fully saturated rings. The number of halogens is 1. The second kappa shape index (κ2) is 5.03. The van der Waals surface area contributed by atoms with Crippen LogP contribution in [0.15, 0.2) is 6.33 Å². The molecule has 2 rings (SSSR count). The molecule has 94 valence electrons. The maximum absolute atomic E-state index is 10.1. The zero-order valence-corrected chi connectivity index (χ0v) is 10.2. The molecular formula is C10H14ClN3O3. The SMILES string of the molecule is COc1c(Cl)ncnc1NCC1(O)CCOC1. The molecule has 0 amide bonds. The van der Waals surface area contributed by atoms with Crippen LogP contribution >= 0.6 is 11.6 Å². The van der Waals surface area contributed by atoms with E-state index in [-0.39, 0.29) is 5.15 Å². The van der Waals surface area contributed by atoms with E-state index in [1.165, 1.54) is 13.4 Å². The fourth-order valence-electron chi connectivity index (χ4n) is 1.64. The van der Waals surface area contributed by atoms with E-state index in [0.717, 1.165) is 0 Å². The molecule has 1 aliphatic heterocycles. The van der Waals surface area contributed by atoms with Crippen LogP contribution < -0.4 is 10.1 Å². The average Bonchev–Trinajstić information content (AvgIpc) is 2.74. The Bertz CT molecular complexity index is 396. The van der Waals surface area contributed by atoms with E-state index in [0.29, 0.717) is 37.7 Å². The van der Waals surface area contributed by atoms with E-state index in [9.17, 15) is 5.11 Å². The van der Waals surface area contributed by atoms with Crippen LogP contribution in [-0.4, -0.2) is 47.5 Å². The van der Waals surface area contributed by atoms with Crippen molar-refractivity contribution in [1.82, 2.24) is 9.97 Å². The molecule has 1 atom stereocenters. The van der Waals surface area contributed by atoms with Gasteiger partial charge in [-0.25, -0.2) is 9.97 Å². The van der Waals surface area contributed by atoms with Crippen molar-refractivity contribution in [3.05, 3.63) is 11.5 Å². The van der Waals surface area contributed by atoms with Crippen molar-refractivity contribution in [3.8, 4) is 5.75 Å². The van der Waals surface area contributed by atoms with Gasteiger partial charge in [0.2, 0.25) is 0 Å². The highest BCUT2D eigenvalue weighted by Crippen LogP contribution is 2.29. The molecule has 7 heteroatoms. The fourth-order valence-corrected chi connectivity index (χ4v) is 1.85. The van der Waals surface area contributed by atoms with Gasteiger partial charge in [0.15, 0.2) is 16.7 Å². The Balaban J connectivity index is 2.06. The van der Waals surface area contributed by atoms with Crippen LogP contribution in [0.25, 0.3) is 0 Å². The van der Waals surface area contributed by atoms with E-state index in [4.69, 9.17) is 21.1 Å². The first kappa shape index (κ1) is 12.3. The summed E-state index contributed by atoms with van der Waals surface area (Å²) in [6.45, 7) is 1.22. The topological polar surface area (TPSA) is 76.5 Å². The summed E-state index contributed by atoms with van der Waals surface area (Å²) in [4.78, 5) is 7.83. The first-order valence-corrected chi connectivity index (χ1v) is 5.61. The predicted octanol–water partition coefficient (Wildman–Crippen LogP) is 0.702. The van der Waals surface area contributed by atoms with Crippen molar-refractivity contribution >= 4 is 17.4 Å². The lowest BCUT2D eigenvalue weighted by Gasteiger charge is -2.21. The minimum absolute atomic E-state index is 0.236. The summed E-state index contributed by atoms with van der Waals surface area (Å²) in [5, 5.41) is 13.3. The maximum Gasteiger partial charge on any atom is 0.198 e. The van der Waals surface area contributed by atoms with Crippen LogP contribution in [-0.2, 0) is 4.74 Å². The van der Waals surface area contributed by atoms with Gasteiger partial charge in [0, 0.05) is 19.6 Å². The molecule has 1 aromatic rings. The second-order valence-corrected chi connectivity index (χ2v) is 4.28. The first-order valence-electron chi connectivity index (χ1n) is 5.23. The Morgan fingerprint density at radius 3 is 3.12 bits per heavy atom. The average molecular weight is 260 g/mol. The monoisotopic (exact) mass is 259 g/mol. The van der Waals surface area contributed by atoms with Gasteiger partial charge >= 0.3 is 0 Å². The van der Waals surface area contributed by atoms with Crippen LogP contribution in [0, 0.1) is 0 Å². The van der Waals surface area contributed by atoms with Crippen molar-refractivity contribution in [2.75, 3.05) is 32.2 Å². The fraction of sp³-hybridized carbons (Fsp3) is 0.600. The first-order chi connectivity index (χ1) is 8.14. The minimum Gasteiger partial charge on any atom is -0.490 e. The van der Waals surface area contributed by atoms with Crippen LogP contribution in [0.2, 0.25) is 5.15 Å². The quantitative estimate of drug-likeness (QED) is 0.776. The van der Waals surface area contributed by atoms with E-state index in [2.05, 4.69) is 15.3 Å². The molecule has 2 heterocycles. The van der Waals surface area contributed by atoms with Crippen LogP contribution in [0.1, 0.15) is 6.42 Å². The number of aliphatic hydroxyl groups is 1. The van der Waals surface area contributed by atoms with E-state index < -0.39 is 5.60 Å². The van der Waals surface area contributed by atoms with Gasteiger partial charge in [-0.15, -0.1) is 0 Å². The Morgan fingerprint density at radius 1 is 1.65 bits per heavy atom. The molecule has 1 aromatic heterocycles. The smallest absolute Gasteiger partial charge is 0.198 e. The zero-order chi connectivity index (χ0) is 12.3. The molecule has 1 unspecified atom stereocenters. The summed E-state index contributed by atoms with van der Waals surface area (Å²) in [7, 11) is 1.49. The highest BCUT2D eigenvalue weighted by atomic mass is 35.5. The molecule has 1 aliphatic rings. The van der Waals surface area contributed by atoms with Crippen LogP contribution in [0.4, 0.5) is 5.82 Å². The molecule has 0 spiro atoms. The molecular weight excluding hydrogens is 246 g/mol. The van der Waals surface area contributed by atoms with Crippen molar-refractivity contribution < 1.29 is 14.6 Å². The summed E-state index contributed by atoms with van der Waals surface area (Å²) in [5.41, 5.74) is -0.859. The molecule has 0 radical (unpaired) electrons. The number of hydrogen-bond acceptors (Lipinski definition) is 6. The Morgan fingerprint density at radius 2 is 2.47 bits per heavy atom. The number of nitrogens with one attached hydrogen (secondary N) is 1. The molecule has 17 heavy (non-hydrogen) atoms. The number of nitrogens with zero attached hydrogens (tertiary/aromatic N) is 2. The van der Waals surface area contributed by atoms with Gasteiger partial charge in [0.05, 0.1) is 13.7 Å². The van der Waals surface area contributed by atoms with Gasteiger partial charge in [-0.2, -0.15) is 0 Å². The van der Waals surface area contributed by atoms with E-state index in [1.54, 1.807) is 0 Å². The molecule has 0 bridgehead atoms. The second-order valence-electron chi connectivity index (χ2n) is 3.93. The normalized spacial score (nSPS) is 23.7. The highest BCUT2D eigenvalue weighted by Gasteiger charge is 2.32. The van der Waals surface area contributed by atoms with Gasteiger partial charge in [-0.3, -0.25) is 0 Å². The van der Waals surface area contributed by atoms with Crippen LogP contribution in [0.5, 0.6) is 5.75 Å².